The Bertz CT molecular complexity index is 774. The summed E-state index contributed by atoms with van der Waals surface area (Å²) >= 11 is 12.2. The molecule has 1 aromatic heterocycles. The number of aromatic nitrogens is 1. The predicted octanol–water partition coefficient (Wildman–Crippen LogP) is 4.00. The molecule has 2 aromatic rings. The van der Waals surface area contributed by atoms with Gasteiger partial charge < -0.3 is 19.5 Å². The number of halogens is 2. The summed E-state index contributed by atoms with van der Waals surface area (Å²) in [7, 11) is 0. The van der Waals surface area contributed by atoms with Crippen molar-refractivity contribution in [2.24, 2.45) is 0 Å². The van der Waals surface area contributed by atoms with Gasteiger partial charge in [-0.15, -0.1) is 0 Å². The Balaban J connectivity index is 1.37. The summed E-state index contributed by atoms with van der Waals surface area (Å²) in [5.41, 5.74) is 1.82. The minimum atomic E-state index is -0.217. The number of piperidine rings is 1. The minimum absolute atomic E-state index is 0.0916. The van der Waals surface area contributed by atoms with Crippen molar-refractivity contribution in [3.8, 4) is 5.75 Å². The van der Waals surface area contributed by atoms with Crippen LogP contribution < -0.4 is 10.1 Å². The molecule has 0 saturated carbocycles. The standard InChI is InChI=1S/C17H17Cl2N3O3/c18-12-2-1-11-14(9-24-16(11)15(12)19)20-17(23)22-6-3-10(4-7-22)13-5-8-25-21-13/h1-2,5,8,10,14H,3-4,6-7,9H2,(H,20,23). The molecule has 1 saturated heterocycles. The number of hydrogen-bond donors (Lipinski definition) is 1. The molecule has 2 aliphatic rings. The van der Waals surface area contributed by atoms with E-state index in [1.54, 1.807) is 12.3 Å². The largest absolute Gasteiger partial charge is 0.489 e. The third kappa shape index (κ3) is 3.16. The summed E-state index contributed by atoms with van der Waals surface area (Å²) in [6.45, 7) is 1.73. The van der Waals surface area contributed by atoms with Gasteiger partial charge in [0.1, 0.15) is 23.6 Å². The fraction of sp³-hybridized carbons (Fsp3) is 0.412. The molecule has 0 spiro atoms. The number of likely N-dealkylation sites (tertiary alicyclic amines) is 1. The maximum Gasteiger partial charge on any atom is 0.318 e. The highest BCUT2D eigenvalue weighted by molar-refractivity contribution is 6.43. The van der Waals surface area contributed by atoms with Crippen molar-refractivity contribution < 1.29 is 14.1 Å². The first-order chi connectivity index (χ1) is 12.1. The lowest BCUT2D eigenvalue weighted by atomic mass is 9.94. The van der Waals surface area contributed by atoms with E-state index in [4.69, 9.17) is 32.5 Å². The molecular weight excluding hydrogens is 365 g/mol. The number of ether oxygens (including phenoxy) is 1. The molecule has 2 aliphatic heterocycles. The van der Waals surface area contributed by atoms with E-state index in [1.807, 2.05) is 17.0 Å². The van der Waals surface area contributed by atoms with Crippen LogP contribution in [0.15, 0.2) is 29.0 Å². The summed E-state index contributed by atoms with van der Waals surface area (Å²) in [5, 5.41) is 7.87. The van der Waals surface area contributed by atoms with Gasteiger partial charge in [0.15, 0.2) is 0 Å². The summed E-state index contributed by atoms with van der Waals surface area (Å²) in [6, 6.07) is 5.15. The van der Waals surface area contributed by atoms with Gasteiger partial charge in [0.25, 0.3) is 0 Å². The molecule has 25 heavy (non-hydrogen) atoms. The third-order valence-electron chi connectivity index (χ3n) is 4.81. The highest BCUT2D eigenvalue weighted by Gasteiger charge is 2.31. The van der Waals surface area contributed by atoms with Crippen LogP contribution in [-0.2, 0) is 0 Å². The Labute approximate surface area is 155 Å². The first kappa shape index (κ1) is 16.5. The number of amides is 2. The number of hydrogen-bond acceptors (Lipinski definition) is 4. The van der Waals surface area contributed by atoms with Gasteiger partial charge in [-0.2, -0.15) is 0 Å². The predicted molar refractivity (Wildman–Crippen MR) is 93.3 cm³/mol. The zero-order chi connectivity index (χ0) is 17.4. The zero-order valence-electron chi connectivity index (χ0n) is 13.4. The highest BCUT2D eigenvalue weighted by Crippen LogP contribution is 2.42. The highest BCUT2D eigenvalue weighted by atomic mass is 35.5. The van der Waals surface area contributed by atoms with Crippen LogP contribution in [0.1, 0.15) is 36.1 Å². The molecule has 4 rings (SSSR count). The van der Waals surface area contributed by atoms with Gasteiger partial charge in [0, 0.05) is 30.6 Å². The number of rotatable bonds is 2. The molecule has 1 N–H and O–H groups in total. The third-order valence-corrected chi connectivity index (χ3v) is 5.59. The fourth-order valence-corrected chi connectivity index (χ4v) is 3.77. The Kier molecular flexibility index (Phi) is 4.48. The number of benzene rings is 1. The van der Waals surface area contributed by atoms with Crippen molar-refractivity contribution in [1.82, 2.24) is 15.4 Å². The van der Waals surface area contributed by atoms with Gasteiger partial charge in [-0.3, -0.25) is 0 Å². The van der Waals surface area contributed by atoms with Gasteiger partial charge in [-0.05, 0) is 18.9 Å². The Hall–Kier alpha value is -1.92. The van der Waals surface area contributed by atoms with Crippen LogP contribution in [-0.4, -0.2) is 35.8 Å². The summed E-state index contributed by atoms with van der Waals surface area (Å²) in [5.74, 6) is 0.906. The van der Waals surface area contributed by atoms with E-state index in [0.717, 1.165) is 24.1 Å². The van der Waals surface area contributed by atoms with Crippen LogP contribution in [0, 0.1) is 0 Å². The average Bonchev–Trinajstić information content (AvgIpc) is 3.29. The number of urea groups is 1. The smallest absolute Gasteiger partial charge is 0.318 e. The van der Waals surface area contributed by atoms with E-state index in [9.17, 15) is 4.79 Å². The number of nitrogens with one attached hydrogen (secondary N) is 1. The molecule has 132 valence electrons. The van der Waals surface area contributed by atoms with Crippen molar-refractivity contribution in [1.29, 1.82) is 0 Å². The van der Waals surface area contributed by atoms with Gasteiger partial charge in [-0.1, -0.05) is 34.4 Å². The summed E-state index contributed by atoms with van der Waals surface area (Å²) in [4.78, 5) is 14.4. The molecule has 1 fully saturated rings. The fourth-order valence-electron chi connectivity index (χ4n) is 3.40. The van der Waals surface area contributed by atoms with Crippen molar-refractivity contribution in [3.05, 3.63) is 45.8 Å². The van der Waals surface area contributed by atoms with Crippen LogP contribution in [0.25, 0.3) is 0 Å². The van der Waals surface area contributed by atoms with Crippen molar-refractivity contribution >= 4 is 29.2 Å². The molecule has 1 unspecified atom stereocenters. The molecule has 0 radical (unpaired) electrons. The maximum absolute atomic E-state index is 12.6. The van der Waals surface area contributed by atoms with E-state index in [2.05, 4.69) is 10.5 Å². The topological polar surface area (TPSA) is 67.6 Å². The quantitative estimate of drug-likeness (QED) is 0.853. The molecule has 1 atom stereocenters. The van der Waals surface area contributed by atoms with E-state index in [-0.39, 0.29) is 12.1 Å². The lowest BCUT2D eigenvalue weighted by Gasteiger charge is -2.31. The molecule has 0 aliphatic carbocycles. The van der Waals surface area contributed by atoms with Crippen molar-refractivity contribution in [3.63, 3.8) is 0 Å². The van der Waals surface area contributed by atoms with Gasteiger partial charge >= 0.3 is 6.03 Å². The van der Waals surface area contributed by atoms with Gasteiger partial charge in [0.2, 0.25) is 0 Å². The summed E-state index contributed by atoms with van der Waals surface area (Å²) < 4.78 is 10.5. The van der Waals surface area contributed by atoms with Crippen LogP contribution in [0.2, 0.25) is 10.0 Å². The van der Waals surface area contributed by atoms with Crippen molar-refractivity contribution in [2.45, 2.75) is 24.8 Å². The second-order valence-corrected chi connectivity index (χ2v) is 7.06. The molecular formula is C17H17Cl2N3O3. The zero-order valence-corrected chi connectivity index (χ0v) is 14.9. The molecule has 6 nitrogen and oxygen atoms in total. The molecule has 0 bridgehead atoms. The van der Waals surface area contributed by atoms with Crippen LogP contribution >= 0.6 is 23.2 Å². The number of carbonyl (C=O) groups is 1. The van der Waals surface area contributed by atoms with Gasteiger partial charge in [-0.25, -0.2) is 4.79 Å². The molecule has 1 aromatic carbocycles. The Morgan fingerprint density at radius 2 is 2.04 bits per heavy atom. The van der Waals surface area contributed by atoms with Crippen LogP contribution in [0.3, 0.4) is 0 Å². The molecule has 3 heterocycles. The van der Waals surface area contributed by atoms with Crippen LogP contribution in [0.4, 0.5) is 4.79 Å². The lowest BCUT2D eigenvalue weighted by Crippen LogP contribution is -2.45. The Morgan fingerprint density at radius 3 is 2.76 bits per heavy atom. The first-order valence-corrected chi connectivity index (χ1v) is 8.95. The number of carbonyl (C=O) groups excluding carboxylic acids is 1. The van der Waals surface area contributed by atoms with E-state index < -0.39 is 0 Å². The van der Waals surface area contributed by atoms with E-state index in [0.29, 0.717) is 41.4 Å². The van der Waals surface area contributed by atoms with Crippen LogP contribution in [0.5, 0.6) is 5.75 Å². The van der Waals surface area contributed by atoms with E-state index >= 15 is 0 Å². The number of nitrogens with zero attached hydrogens (tertiary/aromatic N) is 2. The molecule has 8 heteroatoms. The summed E-state index contributed by atoms with van der Waals surface area (Å²) in [6.07, 6.45) is 3.33. The van der Waals surface area contributed by atoms with E-state index in [1.165, 1.54) is 0 Å². The minimum Gasteiger partial charge on any atom is -0.489 e. The SMILES string of the molecule is O=C(NC1COc2c1ccc(Cl)c2Cl)N1CCC(c2ccon2)CC1. The normalized spacial score (nSPS) is 20.2. The first-order valence-electron chi connectivity index (χ1n) is 8.20. The second-order valence-electron chi connectivity index (χ2n) is 6.28. The van der Waals surface area contributed by atoms with Gasteiger partial charge in [0.05, 0.1) is 16.8 Å². The monoisotopic (exact) mass is 381 g/mol. The lowest BCUT2D eigenvalue weighted by molar-refractivity contribution is 0.174. The Morgan fingerprint density at radius 1 is 1.24 bits per heavy atom. The maximum atomic E-state index is 12.6. The van der Waals surface area contributed by atoms with Crippen molar-refractivity contribution in [2.75, 3.05) is 19.7 Å². The second kappa shape index (κ2) is 6.77. The molecule has 2 amide bonds. The number of fused-ring (bicyclic) bond motifs is 1. The average molecular weight is 382 g/mol.